The number of nitrogens with one attached hydrogen (secondary N) is 3. The first-order chi connectivity index (χ1) is 23.2. The van der Waals surface area contributed by atoms with Gasteiger partial charge < -0.3 is 16.0 Å². The average Bonchev–Trinajstić information content (AvgIpc) is 3.72. The van der Waals surface area contributed by atoms with Gasteiger partial charge in [-0.1, -0.05) is 30.3 Å². The van der Waals surface area contributed by atoms with Crippen LogP contribution in [0.1, 0.15) is 22.4 Å². The average molecular weight is 668 g/mol. The maximum absolute atomic E-state index is 12.8. The van der Waals surface area contributed by atoms with Gasteiger partial charge >= 0.3 is 12.1 Å². The van der Waals surface area contributed by atoms with Crippen molar-refractivity contribution in [3.63, 3.8) is 0 Å². The van der Waals surface area contributed by atoms with E-state index in [0.717, 1.165) is 32.6 Å². The van der Waals surface area contributed by atoms with Crippen molar-refractivity contribution in [2.45, 2.75) is 37.9 Å². The molecule has 4 aromatic heterocycles. The zero-order valence-corrected chi connectivity index (χ0v) is 26.1. The normalized spacial score (nSPS) is 14.4. The van der Waals surface area contributed by atoms with Gasteiger partial charge in [0, 0.05) is 40.3 Å². The molecule has 1 aliphatic carbocycles. The fraction of sp³-hybridized carbons (Fsp3) is 0.171. The predicted molar refractivity (Wildman–Crippen MR) is 178 cm³/mol. The molecule has 6 aromatic rings. The van der Waals surface area contributed by atoms with E-state index in [1.54, 1.807) is 16.8 Å². The third kappa shape index (κ3) is 6.76. The van der Waals surface area contributed by atoms with E-state index in [4.69, 9.17) is 10.1 Å². The van der Waals surface area contributed by atoms with Crippen LogP contribution in [0.3, 0.4) is 0 Å². The molecule has 48 heavy (non-hydrogen) atoms. The molecule has 0 fully saturated rings. The Bertz CT molecular complexity index is 2130. The minimum atomic E-state index is -4.92. The van der Waals surface area contributed by atoms with Crippen molar-refractivity contribution in [3.05, 3.63) is 113 Å². The number of rotatable bonds is 8. The summed E-state index contributed by atoms with van der Waals surface area (Å²) in [4.78, 5) is 34.4. The summed E-state index contributed by atoms with van der Waals surface area (Å²) < 4.78 is 40.2. The SMILES string of the molecule is O=C(Cc1cccs1)Nc1cccc(-c2nn3ccccc3c2-c2ccnc(Nc3ccc4c(c3)CC(NC(=O)C(F)(F)F)CC4)n2)c1. The summed E-state index contributed by atoms with van der Waals surface area (Å²) >= 11 is 1.54. The molecule has 2 amide bonds. The standard InChI is InChI=1S/C35H28F3N7O2S/c36-35(37,38)33(47)41-25-11-9-21-10-12-26(19-23(21)18-25)42-34-39-14-13-28(43-34)31-29-8-1-2-15-45(29)44-32(31)22-5-3-6-24(17-22)40-30(46)20-27-7-4-16-48-27/h1-8,10,12-17,19,25H,9,11,18,20H2,(H,40,46)(H,41,47)(H,39,42,43). The summed E-state index contributed by atoms with van der Waals surface area (Å²) in [7, 11) is 0. The molecule has 1 aliphatic rings. The van der Waals surface area contributed by atoms with E-state index in [1.165, 1.54) is 11.3 Å². The quantitative estimate of drug-likeness (QED) is 0.162. The first-order valence-corrected chi connectivity index (χ1v) is 16.1. The highest BCUT2D eigenvalue weighted by atomic mass is 32.1. The number of thiophene rings is 1. The van der Waals surface area contributed by atoms with E-state index in [2.05, 4.69) is 20.9 Å². The van der Waals surface area contributed by atoms with Crippen LogP contribution in [0.2, 0.25) is 0 Å². The van der Waals surface area contributed by atoms with Crippen molar-refractivity contribution in [2.75, 3.05) is 10.6 Å². The van der Waals surface area contributed by atoms with E-state index >= 15 is 0 Å². The molecule has 0 spiro atoms. The Kier molecular flexibility index (Phi) is 8.36. The molecule has 0 saturated carbocycles. The number of carbonyl (C=O) groups excluding carboxylic acids is 2. The maximum atomic E-state index is 12.8. The maximum Gasteiger partial charge on any atom is 0.471 e. The highest BCUT2D eigenvalue weighted by Gasteiger charge is 2.40. The molecular weight excluding hydrogens is 639 g/mol. The molecule has 0 radical (unpaired) electrons. The van der Waals surface area contributed by atoms with E-state index < -0.39 is 18.1 Å². The second kappa shape index (κ2) is 12.9. The molecular formula is C35H28F3N7O2S. The Morgan fingerprint density at radius 2 is 1.85 bits per heavy atom. The van der Waals surface area contributed by atoms with Crippen LogP contribution in [0.5, 0.6) is 0 Å². The molecule has 4 heterocycles. The highest BCUT2D eigenvalue weighted by molar-refractivity contribution is 7.10. The molecule has 0 bridgehead atoms. The van der Waals surface area contributed by atoms with Crippen molar-refractivity contribution in [3.8, 4) is 22.5 Å². The van der Waals surface area contributed by atoms with Gasteiger partial charge in [0.2, 0.25) is 11.9 Å². The summed E-state index contributed by atoms with van der Waals surface area (Å²) in [5.74, 6) is -1.71. The number of hydrogen-bond acceptors (Lipinski definition) is 7. The number of alkyl halides is 3. The lowest BCUT2D eigenvalue weighted by Gasteiger charge is -2.26. The lowest BCUT2D eigenvalue weighted by Crippen LogP contribution is -2.45. The molecule has 1 unspecified atom stereocenters. The van der Waals surface area contributed by atoms with Crippen molar-refractivity contribution in [2.24, 2.45) is 0 Å². The van der Waals surface area contributed by atoms with Crippen molar-refractivity contribution < 1.29 is 22.8 Å². The first-order valence-electron chi connectivity index (χ1n) is 15.2. The molecule has 0 saturated heterocycles. The fourth-order valence-corrected chi connectivity index (χ4v) is 6.59. The Labute approximate surface area is 276 Å². The zero-order valence-electron chi connectivity index (χ0n) is 25.3. The van der Waals surface area contributed by atoms with E-state index in [0.29, 0.717) is 41.6 Å². The Balaban J connectivity index is 1.15. The number of pyridine rings is 1. The van der Waals surface area contributed by atoms with Crippen LogP contribution in [0.25, 0.3) is 28.0 Å². The number of benzene rings is 2. The summed E-state index contributed by atoms with van der Waals surface area (Å²) in [5.41, 5.74) is 6.86. The minimum Gasteiger partial charge on any atom is -0.345 e. The van der Waals surface area contributed by atoms with Gasteiger partial charge in [0.15, 0.2) is 0 Å². The first kappa shape index (κ1) is 31.1. The van der Waals surface area contributed by atoms with Gasteiger partial charge in [0.05, 0.1) is 23.2 Å². The zero-order chi connectivity index (χ0) is 33.3. The third-order valence-electron chi connectivity index (χ3n) is 8.07. The van der Waals surface area contributed by atoms with Crippen LogP contribution < -0.4 is 16.0 Å². The molecule has 9 nitrogen and oxygen atoms in total. The number of aromatic nitrogens is 4. The van der Waals surface area contributed by atoms with Crippen LogP contribution >= 0.6 is 11.3 Å². The molecule has 13 heteroatoms. The van der Waals surface area contributed by atoms with Crippen LogP contribution in [-0.4, -0.2) is 43.6 Å². The van der Waals surface area contributed by atoms with Gasteiger partial charge in [-0.05, 0) is 84.3 Å². The van der Waals surface area contributed by atoms with Crippen molar-refractivity contribution in [1.29, 1.82) is 0 Å². The topological polar surface area (TPSA) is 113 Å². The Morgan fingerprint density at radius 3 is 2.69 bits per heavy atom. The van der Waals surface area contributed by atoms with Crippen LogP contribution in [-0.2, 0) is 28.9 Å². The number of amides is 2. The van der Waals surface area contributed by atoms with Gasteiger partial charge in [0.25, 0.3) is 0 Å². The highest BCUT2D eigenvalue weighted by Crippen LogP contribution is 2.36. The smallest absolute Gasteiger partial charge is 0.345 e. The third-order valence-corrected chi connectivity index (χ3v) is 8.95. The molecule has 1 atom stereocenters. The Hall–Kier alpha value is -5.56. The second-order valence-corrected chi connectivity index (χ2v) is 12.5. The van der Waals surface area contributed by atoms with Gasteiger partial charge in [-0.3, -0.25) is 9.59 Å². The summed E-state index contributed by atoms with van der Waals surface area (Å²) in [5, 5.41) is 15.1. The van der Waals surface area contributed by atoms with Gasteiger partial charge in [-0.15, -0.1) is 11.3 Å². The molecule has 3 N–H and O–H groups in total. The van der Waals surface area contributed by atoms with E-state index in [1.807, 2.05) is 84.4 Å². The number of aryl methyl sites for hydroxylation is 1. The van der Waals surface area contributed by atoms with E-state index in [-0.39, 0.29) is 18.7 Å². The number of anilines is 3. The van der Waals surface area contributed by atoms with Crippen LogP contribution in [0.4, 0.5) is 30.5 Å². The molecule has 7 rings (SSSR count). The fourth-order valence-electron chi connectivity index (χ4n) is 5.89. The number of fused-ring (bicyclic) bond motifs is 2. The molecule has 242 valence electrons. The van der Waals surface area contributed by atoms with Gasteiger partial charge in [-0.25, -0.2) is 14.5 Å². The van der Waals surface area contributed by atoms with Gasteiger partial charge in [-0.2, -0.15) is 18.3 Å². The number of halogens is 3. The van der Waals surface area contributed by atoms with Crippen molar-refractivity contribution >= 4 is 46.0 Å². The lowest BCUT2D eigenvalue weighted by molar-refractivity contribution is -0.174. The second-order valence-electron chi connectivity index (χ2n) is 11.4. The Morgan fingerprint density at radius 1 is 0.958 bits per heavy atom. The monoisotopic (exact) mass is 667 g/mol. The predicted octanol–water partition coefficient (Wildman–Crippen LogP) is 6.98. The minimum absolute atomic E-state index is 0.111. The van der Waals surface area contributed by atoms with Crippen LogP contribution in [0.15, 0.2) is 96.6 Å². The van der Waals surface area contributed by atoms with Crippen molar-refractivity contribution in [1.82, 2.24) is 24.9 Å². The molecule has 0 aliphatic heterocycles. The largest absolute Gasteiger partial charge is 0.471 e. The van der Waals surface area contributed by atoms with E-state index in [9.17, 15) is 22.8 Å². The lowest BCUT2D eigenvalue weighted by atomic mass is 9.88. The number of hydrogen-bond donors (Lipinski definition) is 3. The van der Waals surface area contributed by atoms with Crippen LogP contribution in [0, 0.1) is 0 Å². The summed E-state index contributed by atoms with van der Waals surface area (Å²) in [6, 6.07) is 24.0. The van der Waals surface area contributed by atoms with Gasteiger partial charge in [0.1, 0.15) is 5.69 Å². The molecule has 2 aromatic carbocycles. The summed E-state index contributed by atoms with van der Waals surface area (Å²) in [6.07, 6.45) is 0.136. The summed E-state index contributed by atoms with van der Waals surface area (Å²) in [6.45, 7) is 0. The number of nitrogens with zero attached hydrogens (tertiary/aromatic N) is 4. The number of carbonyl (C=O) groups is 2.